The van der Waals surface area contributed by atoms with Crippen LogP contribution in [0.1, 0.15) is 12.7 Å². The van der Waals surface area contributed by atoms with Crippen molar-refractivity contribution in [2.75, 3.05) is 18.8 Å². The molecule has 3 heteroatoms. The van der Waals surface area contributed by atoms with Gasteiger partial charge in [0, 0.05) is 12.3 Å². The number of thiol groups is 1. The molecule has 0 unspecified atom stereocenters. The summed E-state index contributed by atoms with van der Waals surface area (Å²) in [6.07, 6.45) is 5.92. The Morgan fingerprint density at radius 3 is 2.93 bits per heavy atom. The molecule has 2 nitrogen and oxygen atoms in total. The summed E-state index contributed by atoms with van der Waals surface area (Å²) >= 11 is 4.12. The van der Waals surface area contributed by atoms with Crippen molar-refractivity contribution in [2.24, 2.45) is 0 Å². The van der Waals surface area contributed by atoms with Crippen molar-refractivity contribution in [1.29, 1.82) is 0 Å². The van der Waals surface area contributed by atoms with Crippen molar-refractivity contribution in [2.45, 2.75) is 13.5 Å². The average Bonchev–Trinajstić information content (AvgIpc) is 2.69. The first-order valence-corrected chi connectivity index (χ1v) is 5.50. The molecule has 0 bridgehead atoms. The summed E-state index contributed by atoms with van der Waals surface area (Å²) in [7, 11) is 0. The van der Waals surface area contributed by atoms with Gasteiger partial charge in [-0.25, -0.2) is 0 Å². The van der Waals surface area contributed by atoms with Crippen molar-refractivity contribution in [3.8, 4) is 0 Å². The van der Waals surface area contributed by atoms with Gasteiger partial charge in [0.2, 0.25) is 0 Å². The second-order valence-electron chi connectivity index (χ2n) is 3.06. The van der Waals surface area contributed by atoms with Gasteiger partial charge in [0.1, 0.15) is 5.76 Å². The molecule has 0 fully saturated rings. The van der Waals surface area contributed by atoms with Crippen LogP contribution in [-0.4, -0.2) is 23.7 Å². The number of hydrogen-bond acceptors (Lipinski definition) is 3. The number of hydrogen-bond donors (Lipinski definition) is 1. The molecule has 1 aromatic rings. The zero-order valence-electron chi connectivity index (χ0n) is 8.52. The van der Waals surface area contributed by atoms with Gasteiger partial charge < -0.3 is 4.42 Å². The first-order chi connectivity index (χ1) is 6.86. The molecule has 0 aliphatic rings. The monoisotopic (exact) mass is 211 g/mol. The van der Waals surface area contributed by atoms with E-state index in [9.17, 15) is 0 Å². The lowest BCUT2D eigenvalue weighted by Crippen LogP contribution is -2.22. The molecule has 0 aromatic carbocycles. The largest absolute Gasteiger partial charge is 0.468 e. The van der Waals surface area contributed by atoms with E-state index in [1.165, 1.54) is 0 Å². The van der Waals surface area contributed by atoms with E-state index in [1.807, 2.05) is 12.1 Å². The zero-order valence-corrected chi connectivity index (χ0v) is 9.41. The second kappa shape index (κ2) is 6.74. The fraction of sp³-hybridized carbons (Fsp3) is 0.455. The lowest BCUT2D eigenvalue weighted by atomic mass is 10.3. The molecule has 0 atom stereocenters. The van der Waals surface area contributed by atoms with Crippen LogP contribution in [0.5, 0.6) is 0 Å². The van der Waals surface area contributed by atoms with Gasteiger partial charge in [-0.1, -0.05) is 19.1 Å². The standard InChI is InChI=1S/C11H17NOS/c1-2-12(7-3-4-9-14)10-11-6-5-8-13-11/h3-6,8,14H,2,7,9-10H2,1H3. The molecule has 1 rings (SSSR count). The number of furan rings is 1. The van der Waals surface area contributed by atoms with Crippen LogP contribution in [0.25, 0.3) is 0 Å². The lowest BCUT2D eigenvalue weighted by molar-refractivity contribution is 0.281. The number of likely N-dealkylation sites (N-methyl/N-ethyl adjacent to an activating group) is 1. The number of rotatable bonds is 6. The maximum Gasteiger partial charge on any atom is 0.117 e. The average molecular weight is 211 g/mol. The van der Waals surface area contributed by atoms with Crippen molar-refractivity contribution < 1.29 is 4.42 Å². The third kappa shape index (κ3) is 4.03. The Morgan fingerprint density at radius 1 is 1.50 bits per heavy atom. The van der Waals surface area contributed by atoms with Crippen molar-refractivity contribution >= 4 is 12.6 Å². The van der Waals surface area contributed by atoms with Crippen LogP contribution in [0.4, 0.5) is 0 Å². The van der Waals surface area contributed by atoms with Gasteiger partial charge in [0.25, 0.3) is 0 Å². The molecule has 0 aliphatic carbocycles. The summed E-state index contributed by atoms with van der Waals surface area (Å²) in [6.45, 7) is 5.01. The van der Waals surface area contributed by atoms with E-state index < -0.39 is 0 Å². The van der Waals surface area contributed by atoms with Crippen LogP contribution >= 0.6 is 12.6 Å². The summed E-state index contributed by atoms with van der Waals surface area (Å²) in [4.78, 5) is 2.30. The molecule has 0 N–H and O–H groups in total. The van der Waals surface area contributed by atoms with Crippen LogP contribution in [0, 0.1) is 0 Å². The molecular weight excluding hydrogens is 194 g/mol. The summed E-state index contributed by atoms with van der Waals surface area (Å²) in [5, 5.41) is 0. The van der Waals surface area contributed by atoms with E-state index >= 15 is 0 Å². The molecule has 78 valence electrons. The van der Waals surface area contributed by atoms with Gasteiger partial charge in [-0.3, -0.25) is 4.90 Å². The van der Waals surface area contributed by atoms with Gasteiger partial charge in [0.15, 0.2) is 0 Å². The highest BCUT2D eigenvalue weighted by atomic mass is 32.1. The van der Waals surface area contributed by atoms with E-state index in [0.717, 1.165) is 31.1 Å². The van der Waals surface area contributed by atoms with E-state index in [2.05, 4.69) is 36.6 Å². The Labute approximate surface area is 91.0 Å². The van der Waals surface area contributed by atoms with E-state index in [4.69, 9.17) is 4.42 Å². The highest BCUT2D eigenvalue weighted by molar-refractivity contribution is 7.80. The molecule has 0 saturated heterocycles. The van der Waals surface area contributed by atoms with Gasteiger partial charge in [0.05, 0.1) is 12.8 Å². The third-order valence-electron chi connectivity index (χ3n) is 2.04. The minimum Gasteiger partial charge on any atom is -0.468 e. The topological polar surface area (TPSA) is 16.4 Å². The predicted molar refractivity (Wildman–Crippen MR) is 62.7 cm³/mol. The second-order valence-corrected chi connectivity index (χ2v) is 3.43. The molecule has 0 radical (unpaired) electrons. The van der Waals surface area contributed by atoms with Crippen LogP contribution in [-0.2, 0) is 6.54 Å². The zero-order chi connectivity index (χ0) is 10.2. The lowest BCUT2D eigenvalue weighted by Gasteiger charge is -2.16. The SMILES string of the molecule is CCN(CC=CCS)Cc1ccco1. The quantitative estimate of drug-likeness (QED) is 0.575. The third-order valence-corrected chi connectivity index (χ3v) is 2.25. The predicted octanol–water partition coefficient (Wildman–Crippen LogP) is 2.59. The van der Waals surface area contributed by atoms with Gasteiger partial charge in [-0.05, 0) is 18.7 Å². The summed E-state index contributed by atoms with van der Waals surface area (Å²) in [5.41, 5.74) is 0. The Morgan fingerprint density at radius 2 is 2.36 bits per heavy atom. The molecule has 0 spiro atoms. The van der Waals surface area contributed by atoms with Crippen molar-refractivity contribution in [1.82, 2.24) is 4.90 Å². The Hall–Kier alpha value is -0.670. The first-order valence-electron chi connectivity index (χ1n) is 4.87. The smallest absolute Gasteiger partial charge is 0.117 e. The molecule has 0 amide bonds. The summed E-state index contributed by atoms with van der Waals surface area (Å²) < 4.78 is 5.29. The van der Waals surface area contributed by atoms with Crippen molar-refractivity contribution in [3.63, 3.8) is 0 Å². The first kappa shape index (κ1) is 11.4. The fourth-order valence-electron chi connectivity index (χ4n) is 1.23. The maximum atomic E-state index is 5.29. The molecule has 0 saturated carbocycles. The molecule has 0 aliphatic heterocycles. The van der Waals surface area contributed by atoms with Crippen LogP contribution < -0.4 is 0 Å². The highest BCUT2D eigenvalue weighted by Crippen LogP contribution is 2.04. The molecule has 1 heterocycles. The summed E-state index contributed by atoms with van der Waals surface area (Å²) in [5.74, 6) is 1.82. The minimum absolute atomic E-state index is 0.804. The summed E-state index contributed by atoms with van der Waals surface area (Å²) in [6, 6.07) is 3.93. The molecular formula is C11H17NOS. The van der Waals surface area contributed by atoms with E-state index in [0.29, 0.717) is 0 Å². The fourth-order valence-corrected chi connectivity index (χ4v) is 1.38. The highest BCUT2D eigenvalue weighted by Gasteiger charge is 2.02. The van der Waals surface area contributed by atoms with Gasteiger partial charge >= 0.3 is 0 Å². The molecule has 1 aromatic heterocycles. The van der Waals surface area contributed by atoms with Crippen LogP contribution in [0.2, 0.25) is 0 Å². The van der Waals surface area contributed by atoms with Crippen LogP contribution in [0.3, 0.4) is 0 Å². The number of nitrogens with zero attached hydrogens (tertiary/aromatic N) is 1. The van der Waals surface area contributed by atoms with Crippen LogP contribution in [0.15, 0.2) is 35.0 Å². The maximum absolute atomic E-state index is 5.29. The normalized spacial score (nSPS) is 11.6. The van der Waals surface area contributed by atoms with Gasteiger partial charge in [-0.15, -0.1) is 0 Å². The Kier molecular flexibility index (Phi) is 5.49. The van der Waals surface area contributed by atoms with Gasteiger partial charge in [-0.2, -0.15) is 12.6 Å². The van der Waals surface area contributed by atoms with Crippen molar-refractivity contribution in [3.05, 3.63) is 36.3 Å². The van der Waals surface area contributed by atoms with E-state index in [-0.39, 0.29) is 0 Å². The minimum atomic E-state index is 0.804. The molecule has 14 heavy (non-hydrogen) atoms. The Bertz CT molecular complexity index is 256. The Balaban J connectivity index is 2.35. The van der Waals surface area contributed by atoms with E-state index in [1.54, 1.807) is 6.26 Å².